The Labute approximate surface area is 149 Å². The summed E-state index contributed by atoms with van der Waals surface area (Å²) in [4.78, 5) is 15.6. The van der Waals surface area contributed by atoms with Gasteiger partial charge in [-0.3, -0.25) is 9.69 Å². The lowest BCUT2D eigenvalue weighted by atomic mass is 10.0. The fraction of sp³-hybridized carbons (Fsp3) is 0.350. The molecule has 0 fully saturated rings. The van der Waals surface area contributed by atoms with Crippen LogP contribution in [0.25, 0.3) is 0 Å². The Balaban J connectivity index is 1.92. The molecule has 1 N–H and O–H groups in total. The number of carbonyl (C=O) groups is 1. The van der Waals surface area contributed by atoms with Gasteiger partial charge in [0.15, 0.2) is 0 Å². The van der Waals surface area contributed by atoms with Crippen molar-refractivity contribution in [2.45, 2.75) is 31.2 Å². The largest absolute Gasteiger partial charge is 0.325 e. The molecule has 0 bridgehead atoms. The average Bonchev–Trinajstić information content (AvgIpc) is 2.55. The molecule has 0 heterocycles. The summed E-state index contributed by atoms with van der Waals surface area (Å²) in [5.41, 5.74) is 3.29. The second-order valence-corrected chi connectivity index (χ2v) is 7.19. The van der Waals surface area contributed by atoms with Gasteiger partial charge in [0.1, 0.15) is 0 Å². The maximum absolute atomic E-state index is 12.3. The van der Waals surface area contributed by atoms with Crippen LogP contribution in [0.5, 0.6) is 0 Å². The Bertz CT molecular complexity index is 668. The topological polar surface area (TPSA) is 32.3 Å². The normalized spacial score (nSPS) is 11.1. The number of anilines is 1. The second kappa shape index (κ2) is 8.90. The molecule has 0 aromatic heterocycles. The third-order valence-corrected chi connectivity index (χ3v) is 4.63. The van der Waals surface area contributed by atoms with Crippen molar-refractivity contribution in [1.82, 2.24) is 4.90 Å². The number of nitrogens with one attached hydrogen (secondary N) is 1. The van der Waals surface area contributed by atoms with Gasteiger partial charge in [-0.25, -0.2) is 0 Å². The number of amides is 1. The predicted octanol–water partition coefficient (Wildman–Crippen LogP) is 4.60. The number of hydrogen-bond donors (Lipinski definition) is 1. The van der Waals surface area contributed by atoms with E-state index in [2.05, 4.69) is 55.8 Å². The van der Waals surface area contributed by atoms with Gasteiger partial charge in [-0.15, -0.1) is 11.8 Å². The molecule has 0 aliphatic heterocycles. The Morgan fingerprint density at radius 3 is 2.42 bits per heavy atom. The zero-order valence-corrected chi connectivity index (χ0v) is 15.7. The molecule has 2 rings (SSSR count). The molecule has 0 radical (unpaired) electrons. The third-order valence-electron chi connectivity index (χ3n) is 3.88. The molecule has 2 aromatic rings. The minimum absolute atomic E-state index is 0.0198. The van der Waals surface area contributed by atoms with Gasteiger partial charge >= 0.3 is 0 Å². The molecule has 3 nitrogen and oxygen atoms in total. The van der Waals surface area contributed by atoms with Crippen molar-refractivity contribution in [3.63, 3.8) is 0 Å². The molecule has 2 aromatic carbocycles. The molecule has 0 unspecified atom stereocenters. The van der Waals surface area contributed by atoms with Crippen molar-refractivity contribution < 1.29 is 4.79 Å². The first-order valence-electron chi connectivity index (χ1n) is 8.20. The molecule has 24 heavy (non-hydrogen) atoms. The Morgan fingerprint density at radius 2 is 1.79 bits per heavy atom. The van der Waals surface area contributed by atoms with Gasteiger partial charge < -0.3 is 5.32 Å². The van der Waals surface area contributed by atoms with E-state index in [1.165, 1.54) is 16.0 Å². The number of carbonyl (C=O) groups excluding carboxylic acids is 1. The van der Waals surface area contributed by atoms with Gasteiger partial charge in [0, 0.05) is 17.1 Å². The summed E-state index contributed by atoms with van der Waals surface area (Å²) in [6.45, 7) is 5.40. The van der Waals surface area contributed by atoms with Crippen LogP contribution in [0.1, 0.15) is 30.9 Å². The number of para-hydroxylation sites is 1. The quantitative estimate of drug-likeness (QED) is 0.746. The molecule has 128 valence electrons. The van der Waals surface area contributed by atoms with E-state index < -0.39 is 0 Å². The van der Waals surface area contributed by atoms with Crippen LogP contribution in [0.15, 0.2) is 53.4 Å². The van der Waals surface area contributed by atoms with Crippen molar-refractivity contribution in [1.29, 1.82) is 0 Å². The minimum atomic E-state index is 0.0198. The van der Waals surface area contributed by atoms with Crippen molar-refractivity contribution in [2.75, 3.05) is 25.2 Å². The highest BCUT2D eigenvalue weighted by Gasteiger charge is 2.11. The molecular formula is C20H26N2OS. The Morgan fingerprint density at radius 1 is 1.12 bits per heavy atom. The summed E-state index contributed by atoms with van der Waals surface area (Å²) in [6.07, 6.45) is 2.07. The highest BCUT2D eigenvalue weighted by atomic mass is 32.2. The summed E-state index contributed by atoms with van der Waals surface area (Å²) < 4.78 is 0. The maximum atomic E-state index is 12.3. The van der Waals surface area contributed by atoms with Crippen LogP contribution in [0, 0.1) is 0 Å². The fourth-order valence-corrected chi connectivity index (χ4v) is 3.06. The highest BCUT2D eigenvalue weighted by molar-refractivity contribution is 7.98. The third kappa shape index (κ3) is 5.39. The lowest BCUT2D eigenvalue weighted by Gasteiger charge is -2.18. The second-order valence-electron chi connectivity index (χ2n) is 6.31. The van der Waals surface area contributed by atoms with Crippen LogP contribution in [0.3, 0.4) is 0 Å². The first-order chi connectivity index (χ1) is 11.5. The van der Waals surface area contributed by atoms with Crippen molar-refractivity contribution >= 4 is 23.4 Å². The van der Waals surface area contributed by atoms with Crippen LogP contribution in [-0.4, -0.2) is 30.7 Å². The van der Waals surface area contributed by atoms with Crippen LogP contribution < -0.4 is 5.32 Å². The van der Waals surface area contributed by atoms with E-state index >= 15 is 0 Å². The van der Waals surface area contributed by atoms with Crippen molar-refractivity contribution in [2.24, 2.45) is 0 Å². The SMILES string of the molecule is CSc1ccc(CN(C)CC(=O)Nc2ccccc2C(C)C)cc1. The van der Waals surface area contributed by atoms with E-state index in [1.54, 1.807) is 11.8 Å². The van der Waals surface area contributed by atoms with Gasteiger partial charge in [0.2, 0.25) is 5.91 Å². The maximum Gasteiger partial charge on any atom is 0.238 e. The first-order valence-corrected chi connectivity index (χ1v) is 9.42. The average molecular weight is 343 g/mol. The molecule has 0 atom stereocenters. The number of rotatable bonds is 7. The first kappa shape index (κ1) is 18.6. The van der Waals surface area contributed by atoms with Gasteiger partial charge in [-0.05, 0) is 48.5 Å². The summed E-state index contributed by atoms with van der Waals surface area (Å²) in [7, 11) is 1.97. The summed E-state index contributed by atoms with van der Waals surface area (Å²) in [6, 6.07) is 16.5. The van der Waals surface area contributed by atoms with Crippen LogP contribution in [0.2, 0.25) is 0 Å². The van der Waals surface area contributed by atoms with Gasteiger partial charge in [0.05, 0.1) is 6.54 Å². The predicted molar refractivity (Wildman–Crippen MR) is 104 cm³/mol. The monoisotopic (exact) mass is 342 g/mol. The van der Waals surface area contributed by atoms with E-state index in [-0.39, 0.29) is 5.91 Å². The molecule has 0 aliphatic rings. The smallest absolute Gasteiger partial charge is 0.238 e. The van der Waals surface area contributed by atoms with Crippen molar-refractivity contribution in [3.05, 3.63) is 59.7 Å². The fourth-order valence-electron chi connectivity index (χ4n) is 2.65. The molecular weight excluding hydrogens is 316 g/mol. The van der Waals surface area contributed by atoms with Gasteiger partial charge in [-0.2, -0.15) is 0 Å². The van der Waals surface area contributed by atoms with Crippen LogP contribution >= 0.6 is 11.8 Å². The van der Waals surface area contributed by atoms with E-state index in [0.29, 0.717) is 12.5 Å². The molecule has 0 spiro atoms. The number of hydrogen-bond acceptors (Lipinski definition) is 3. The zero-order chi connectivity index (χ0) is 17.5. The lowest BCUT2D eigenvalue weighted by molar-refractivity contribution is -0.117. The molecule has 4 heteroatoms. The Kier molecular flexibility index (Phi) is 6.88. The van der Waals surface area contributed by atoms with Gasteiger partial charge in [-0.1, -0.05) is 44.2 Å². The minimum Gasteiger partial charge on any atom is -0.325 e. The van der Waals surface area contributed by atoms with Gasteiger partial charge in [0.25, 0.3) is 0 Å². The Hall–Kier alpha value is -1.78. The molecule has 0 aliphatic carbocycles. The van der Waals surface area contributed by atoms with E-state index in [0.717, 1.165) is 12.2 Å². The standard InChI is InChI=1S/C20H26N2OS/c1-15(2)18-7-5-6-8-19(18)21-20(23)14-22(3)13-16-9-11-17(24-4)12-10-16/h5-12,15H,13-14H2,1-4H3,(H,21,23). The van der Waals surface area contributed by atoms with E-state index in [9.17, 15) is 4.79 Å². The molecule has 1 amide bonds. The molecule has 0 saturated heterocycles. The lowest BCUT2D eigenvalue weighted by Crippen LogP contribution is -2.30. The number of nitrogens with zero attached hydrogens (tertiary/aromatic N) is 1. The van der Waals surface area contributed by atoms with Crippen molar-refractivity contribution in [3.8, 4) is 0 Å². The zero-order valence-electron chi connectivity index (χ0n) is 14.9. The highest BCUT2D eigenvalue weighted by Crippen LogP contribution is 2.23. The summed E-state index contributed by atoms with van der Waals surface area (Å²) >= 11 is 1.73. The number of likely N-dealkylation sites (N-methyl/N-ethyl adjacent to an activating group) is 1. The number of thioether (sulfide) groups is 1. The van der Waals surface area contributed by atoms with E-state index in [1.807, 2.05) is 30.1 Å². The van der Waals surface area contributed by atoms with E-state index in [4.69, 9.17) is 0 Å². The summed E-state index contributed by atoms with van der Waals surface area (Å²) in [5.74, 6) is 0.403. The van der Waals surface area contributed by atoms with Crippen LogP contribution in [0.4, 0.5) is 5.69 Å². The van der Waals surface area contributed by atoms with Crippen LogP contribution in [-0.2, 0) is 11.3 Å². The summed E-state index contributed by atoms with van der Waals surface area (Å²) in [5, 5.41) is 3.04. The number of benzene rings is 2. The molecule has 0 saturated carbocycles.